The van der Waals surface area contributed by atoms with Crippen molar-refractivity contribution in [1.29, 1.82) is 0 Å². The number of carbonyl (C=O) groups is 1. The summed E-state index contributed by atoms with van der Waals surface area (Å²) in [5.41, 5.74) is -0.670. The van der Waals surface area contributed by atoms with Crippen molar-refractivity contribution in [3.63, 3.8) is 0 Å². The van der Waals surface area contributed by atoms with Gasteiger partial charge in [-0.05, 0) is 5.56 Å². The van der Waals surface area contributed by atoms with Crippen molar-refractivity contribution in [2.75, 3.05) is 7.05 Å². The fraction of sp³-hybridized carbons (Fsp3) is 0.235. The molecule has 2 heterocycles. The van der Waals surface area contributed by atoms with Gasteiger partial charge in [-0.2, -0.15) is 0 Å². The minimum Gasteiger partial charge on any atom is -0.442 e. The molecule has 8 heteroatoms. The summed E-state index contributed by atoms with van der Waals surface area (Å²) in [4.78, 5) is 14.6. The molecule has 0 aromatic heterocycles. The smallest absolute Gasteiger partial charge is 0.295 e. The summed E-state index contributed by atoms with van der Waals surface area (Å²) in [7, 11) is 1.59. The van der Waals surface area contributed by atoms with Crippen molar-refractivity contribution in [2.45, 2.75) is 18.4 Å². The quantitative estimate of drug-likeness (QED) is 0.477. The highest BCUT2D eigenvalue weighted by atomic mass is 35.5. The molecule has 4 rings (SSSR count). The first-order chi connectivity index (χ1) is 11.7. The van der Waals surface area contributed by atoms with Gasteiger partial charge in [0.15, 0.2) is 5.75 Å². The fourth-order valence-corrected chi connectivity index (χ4v) is 4.28. The number of amides is 1. The molecule has 0 spiro atoms. The van der Waals surface area contributed by atoms with E-state index in [0.717, 1.165) is 0 Å². The molecule has 0 saturated carbocycles. The number of fused-ring (bicyclic) bond motifs is 4. The number of halogens is 4. The minimum absolute atomic E-state index is 0.0422. The molecule has 2 unspecified atom stereocenters. The number of rotatable bonds is 1. The summed E-state index contributed by atoms with van der Waals surface area (Å²) in [5.74, 6) is -1.50. The van der Waals surface area contributed by atoms with E-state index in [1.165, 1.54) is 4.90 Å². The summed E-state index contributed by atoms with van der Waals surface area (Å²) in [5, 5.41) is 0.264. The Hall–Kier alpha value is -1.17. The third-order valence-corrected chi connectivity index (χ3v) is 6.39. The summed E-state index contributed by atoms with van der Waals surface area (Å²) < 4.78 is 12.1. The Kier molecular flexibility index (Phi) is 3.74. The van der Waals surface area contributed by atoms with Gasteiger partial charge in [-0.3, -0.25) is 14.4 Å². The first-order valence-electron chi connectivity index (χ1n) is 7.33. The van der Waals surface area contributed by atoms with E-state index in [1.807, 2.05) is 6.07 Å². The lowest BCUT2D eigenvalue weighted by Gasteiger charge is -2.39. The van der Waals surface area contributed by atoms with Gasteiger partial charge in [0.1, 0.15) is 5.02 Å². The molecule has 0 N–H and O–H groups in total. The molecule has 2 aliphatic heterocycles. The van der Waals surface area contributed by atoms with Gasteiger partial charge in [-0.15, -0.1) is 0 Å². The molecule has 1 fully saturated rings. The molecule has 2 aromatic rings. The average Bonchev–Trinajstić information content (AvgIpc) is 2.77. The third-order valence-electron chi connectivity index (χ3n) is 4.61. The number of ether oxygens (including phenoxy) is 2. The average molecular weight is 419 g/mol. The molecule has 2 bridgehead atoms. The van der Waals surface area contributed by atoms with Crippen LogP contribution in [-0.2, 0) is 15.1 Å². The monoisotopic (exact) mass is 417 g/mol. The maximum Gasteiger partial charge on any atom is 0.295 e. The van der Waals surface area contributed by atoms with E-state index in [0.29, 0.717) is 5.56 Å². The summed E-state index contributed by atoms with van der Waals surface area (Å²) in [6, 6.07) is 9.00. The summed E-state index contributed by atoms with van der Waals surface area (Å²) >= 11 is 25.3. The predicted octanol–water partition coefficient (Wildman–Crippen LogP) is 5.10. The largest absolute Gasteiger partial charge is 0.442 e. The second-order valence-electron chi connectivity index (χ2n) is 5.97. The number of carbonyl (C=O) groups excluding carboxylic acids is 1. The molecular weight excluding hydrogens is 408 g/mol. The molecule has 0 aliphatic carbocycles. The van der Waals surface area contributed by atoms with Crippen molar-refractivity contribution < 1.29 is 14.3 Å². The number of benzene rings is 2. The van der Waals surface area contributed by atoms with Crippen LogP contribution in [-0.4, -0.2) is 23.8 Å². The lowest BCUT2D eigenvalue weighted by Crippen LogP contribution is -2.47. The van der Waals surface area contributed by atoms with Crippen molar-refractivity contribution in [2.24, 2.45) is 0 Å². The van der Waals surface area contributed by atoms with E-state index >= 15 is 0 Å². The first kappa shape index (κ1) is 17.3. The second-order valence-corrected chi connectivity index (χ2v) is 7.49. The van der Waals surface area contributed by atoms with Crippen LogP contribution in [0.2, 0.25) is 20.1 Å². The van der Waals surface area contributed by atoms with E-state index in [2.05, 4.69) is 0 Å². The molecule has 130 valence electrons. The van der Waals surface area contributed by atoms with Crippen LogP contribution in [0.3, 0.4) is 0 Å². The van der Waals surface area contributed by atoms with Gasteiger partial charge < -0.3 is 4.74 Å². The van der Waals surface area contributed by atoms with Crippen LogP contribution in [0, 0.1) is 0 Å². The Morgan fingerprint density at radius 1 is 0.960 bits per heavy atom. The molecule has 2 atom stereocenters. The number of likely N-dealkylation sites (N-methyl/N-ethyl adjacent to an activating group) is 1. The summed E-state index contributed by atoms with van der Waals surface area (Å²) in [6.07, 6.45) is 0. The van der Waals surface area contributed by atoms with Gasteiger partial charge in [0.25, 0.3) is 11.8 Å². The van der Waals surface area contributed by atoms with Crippen molar-refractivity contribution in [3.05, 3.63) is 61.5 Å². The van der Waals surface area contributed by atoms with Crippen LogP contribution in [0.15, 0.2) is 30.3 Å². The molecule has 4 nitrogen and oxygen atoms in total. The van der Waals surface area contributed by atoms with Gasteiger partial charge in [0.05, 0.1) is 20.6 Å². The maximum absolute atomic E-state index is 13.3. The van der Waals surface area contributed by atoms with Crippen LogP contribution < -0.4 is 4.74 Å². The van der Waals surface area contributed by atoms with Crippen molar-refractivity contribution in [3.8, 4) is 5.75 Å². The van der Waals surface area contributed by atoms with Gasteiger partial charge in [0, 0.05) is 14.0 Å². The Balaban J connectivity index is 2.16. The Morgan fingerprint density at radius 2 is 1.56 bits per heavy atom. The van der Waals surface area contributed by atoms with Crippen LogP contribution in [0.5, 0.6) is 5.75 Å². The van der Waals surface area contributed by atoms with Crippen LogP contribution >= 0.6 is 46.4 Å². The Labute approximate surface area is 164 Å². The minimum atomic E-state index is -1.52. The number of hydrogen-bond acceptors (Lipinski definition) is 3. The van der Waals surface area contributed by atoms with E-state index in [4.69, 9.17) is 55.9 Å². The molecular formula is C17H11Cl4NO3. The van der Waals surface area contributed by atoms with Gasteiger partial charge >= 0.3 is 0 Å². The van der Waals surface area contributed by atoms with E-state index in [-0.39, 0.29) is 37.3 Å². The van der Waals surface area contributed by atoms with Gasteiger partial charge in [0.2, 0.25) is 5.60 Å². The van der Waals surface area contributed by atoms with Gasteiger partial charge in [-0.1, -0.05) is 76.7 Å². The van der Waals surface area contributed by atoms with Crippen molar-refractivity contribution >= 4 is 52.3 Å². The highest BCUT2D eigenvalue weighted by Gasteiger charge is 2.66. The molecule has 25 heavy (non-hydrogen) atoms. The van der Waals surface area contributed by atoms with Gasteiger partial charge in [-0.25, -0.2) is 0 Å². The summed E-state index contributed by atoms with van der Waals surface area (Å²) in [6.45, 7) is 1.63. The zero-order valence-electron chi connectivity index (χ0n) is 13.1. The molecule has 1 saturated heterocycles. The Morgan fingerprint density at radius 3 is 2.20 bits per heavy atom. The first-order valence-corrected chi connectivity index (χ1v) is 8.84. The number of hydrogen-bond donors (Lipinski definition) is 0. The predicted molar refractivity (Wildman–Crippen MR) is 96.6 cm³/mol. The molecule has 0 radical (unpaired) electrons. The molecule has 1 amide bonds. The Bertz CT molecular complexity index is 920. The van der Waals surface area contributed by atoms with Crippen LogP contribution in [0.1, 0.15) is 18.1 Å². The SMILES string of the molecule is CN1C(=O)C2(c3ccccc3)OC1(C)Oc1c(Cl)c(Cl)c(Cl)c(Cl)c12. The second kappa shape index (κ2) is 5.41. The van der Waals surface area contributed by atoms with Crippen LogP contribution in [0.25, 0.3) is 0 Å². The fourth-order valence-electron chi connectivity index (χ4n) is 3.27. The standard InChI is InChI=1S/C17H11Cl4NO3/c1-16-22(2)15(23)17(25-16,8-6-4-3-5-7-8)9-10(18)11(19)12(20)13(21)14(9)24-16/h3-7H,1-2H3. The zero-order valence-corrected chi connectivity index (χ0v) is 16.1. The zero-order chi connectivity index (χ0) is 18.1. The van der Waals surface area contributed by atoms with Crippen LogP contribution in [0.4, 0.5) is 0 Å². The lowest BCUT2D eigenvalue weighted by atomic mass is 9.84. The lowest BCUT2D eigenvalue weighted by molar-refractivity contribution is -0.247. The normalized spacial score (nSPS) is 27.3. The molecule has 2 aromatic carbocycles. The van der Waals surface area contributed by atoms with Crippen molar-refractivity contribution in [1.82, 2.24) is 4.90 Å². The van der Waals surface area contributed by atoms with E-state index in [1.54, 1.807) is 38.2 Å². The highest BCUT2D eigenvalue weighted by molar-refractivity contribution is 6.52. The maximum atomic E-state index is 13.3. The highest BCUT2D eigenvalue weighted by Crippen LogP contribution is 2.60. The topological polar surface area (TPSA) is 38.8 Å². The molecule has 2 aliphatic rings. The van der Waals surface area contributed by atoms with E-state index in [9.17, 15) is 4.79 Å². The third kappa shape index (κ3) is 2.03. The van der Waals surface area contributed by atoms with E-state index < -0.39 is 11.5 Å². The number of nitrogens with zero attached hydrogens (tertiary/aromatic N) is 1.